The maximum atomic E-state index is 12.2. The summed E-state index contributed by atoms with van der Waals surface area (Å²) in [5.74, 6) is 0.923. The Balaban J connectivity index is 1.59. The minimum absolute atomic E-state index is 0.125. The molecule has 1 fully saturated rings. The molecule has 120 valence electrons. The van der Waals surface area contributed by atoms with Crippen LogP contribution in [-0.4, -0.2) is 15.9 Å². The maximum Gasteiger partial charge on any atom is 0.322 e. The number of amides is 1. The highest BCUT2D eigenvalue weighted by molar-refractivity contribution is 5.92. The fourth-order valence-electron chi connectivity index (χ4n) is 2.80. The molecule has 5 heteroatoms. The van der Waals surface area contributed by atoms with Crippen LogP contribution in [0.25, 0.3) is 0 Å². The van der Waals surface area contributed by atoms with E-state index in [9.17, 15) is 4.79 Å². The molecule has 0 atom stereocenters. The Labute approximate surface area is 136 Å². The molecule has 1 aliphatic rings. The zero-order valence-electron chi connectivity index (χ0n) is 13.3. The lowest BCUT2D eigenvalue weighted by Crippen LogP contribution is -2.24. The summed E-state index contributed by atoms with van der Waals surface area (Å²) in [4.78, 5) is 20.5. The van der Waals surface area contributed by atoms with E-state index >= 15 is 0 Å². The Bertz CT molecular complexity index is 664. The SMILES string of the molecule is Cc1ccnc(Oc2ccc(NC(=O)C3CCCCC3)cc2)n1. The van der Waals surface area contributed by atoms with Gasteiger partial charge in [-0.05, 0) is 50.1 Å². The number of carbonyl (C=O) groups is 1. The van der Waals surface area contributed by atoms with Crippen molar-refractivity contribution in [2.45, 2.75) is 39.0 Å². The molecular formula is C18H21N3O2. The Morgan fingerprint density at radius 2 is 1.87 bits per heavy atom. The maximum absolute atomic E-state index is 12.2. The molecule has 0 unspecified atom stereocenters. The Morgan fingerprint density at radius 3 is 2.57 bits per heavy atom. The predicted octanol–water partition coefficient (Wildman–Crippen LogP) is 4.10. The van der Waals surface area contributed by atoms with Gasteiger partial charge in [-0.15, -0.1) is 0 Å². The third kappa shape index (κ3) is 4.28. The molecule has 23 heavy (non-hydrogen) atoms. The number of hydrogen-bond donors (Lipinski definition) is 1. The van der Waals surface area contributed by atoms with Crippen molar-refractivity contribution in [1.82, 2.24) is 9.97 Å². The van der Waals surface area contributed by atoms with Gasteiger partial charge in [0.05, 0.1) is 0 Å². The van der Waals surface area contributed by atoms with Crippen molar-refractivity contribution in [3.63, 3.8) is 0 Å². The van der Waals surface area contributed by atoms with Crippen molar-refractivity contribution in [2.24, 2.45) is 5.92 Å². The van der Waals surface area contributed by atoms with Crippen molar-refractivity contribution in [2.75, 3.05) is 5.32 Å². The van der Waals surface area contributed by atoms with E-state index in [-0.39, 0.29) is 11.8 Å². The number of benzene rings is 1. The fraction of sp³-hybridized carbons (Fsp3) is 0.389. The van der Waals surface area contributed by atoms with Gasteiger partial charge >= 0.3 is 6.01 Å². The lowest BCUT2D eigenvalue weighted by atomic mass is 9.88. The molecule has 5 nitrogen and oxygen atoms in total. The van der Waals surface area contributed by atoms with Gasteiger partial charge in [0.25, 0.3) is 0 Å². The molecule has 1 heterocycles. The first-order valence-corrected chi connectivity index (χ1v) is 8.09. The minimum Gasteiger partial charge on any atom is -0.424 e. The van der Waals surface area contributed by atoms with Gasteiger partial charge < -0.3 is 10.1 Å². The van der Waals surface area contributed by atoms with Gasteiger partial charge in [-0.1, -0.05) is 19.3 Å². The summed E-state index contributed by atoms with van der Waals surface area (Å²) in [6, 6.07) is 9.43. The van der Waals surface area contributed by atoms with Crippen molar-refractivity contribution in [1.29, 1.82) is 0 Å². The van der Waals surface area contributed by atoms with Gasteiger partial charge in [-0.3, -0.25) is 4.79 Å². The van der Waals surface area contributed by atoms with Gasteiger partial charge in [0.15, 0.2) is 0 Å². The molecule has 0 radical (unpaired) electrons. The Morgan fingerprint density at radius 1 is 1.13 bits per heavy atom. The highest BCUT2D eigenvalue weighted by Gasteiger charge is 2.20. The lowest BCUT2D eigenvalue weighted by Gasteiger charge is -2.20. The summed E-state index contributed by atoms with van der Waals surface area (Å²) < 4.78 is 5.60. The van der Waals surface area contributed by atoms with Gasteiger partial charge in [0.1, 0.15) is 5.75 Å². The molecule has 1 N–H and O–H groups in total. The molecule has 1 saturated carbocycles. The molecule has 0 saturated heterocycles. The number of rotatable bonds is 4. The summed E-state index contributed by atoms with van der Waals surface area (Å²) in [7, 11) is 0. The summed E-state index contributed by atoms with van der Waals surface area (Å²) in [6.45, 7) is 1.89. The highest BCUT2D eigenvalue weighted by atomic mass is 16.5. The third-order valence-corrected chi connectivity index (χ3v) is 4.08. The summed E-state index contributed by atoms with van der Waals surface area (Å²) in [6.07, 6.45) is 7.21. The van der Waals surface area contributed by atoms with Crippen LogP contribution in [0.15, 0.2) is 36.5 Å². The summed E-state index contributed by atoms with van der Waals surface area (Å²) in [5, 5.41) is 2.99. The second-order valence-corrected chi connectivity index (χ2v) is 5.93. The number of carbonyl (C=O) groups excluding carboxylic acids is 1. The fourth-order valence-corrected chi connectivity index (χ4v) is 2.80. The average Bonchev–Trinajstić information content (AvgIpc) is 2.57. The van der Waals surface area contributed by atoms with Crippen LogP contribution in [0.3, 0.4) is 0 Å². The van der Waals surface area contributed by atoms with Crippen LogP contribution in [0, 0.1) is 12.8 Å². The average molecular weight is 311 g/mol. The Hall–Kier alpha value is -2.43. The number of ether oxygens (including phenoxy) is 1. The van der Waals surface area contributed by atoms with Crippen LogP contribution in [-0.2, 0) is 4.79 Å². The quantitative estimate of drug-likeness (QED) is 0.923. The van der Waals surface area contributed by atoms with Gasteiger partial charge in [0.2, 0.25) is 5.91 Å². The van der Waals surface area contributed by atoms with Crippen LogP contribution in [0.4, 0.5) is 5.69 Å². The second kappa shape index (κ2) is 7.22. The lowest BCUT2D eigenvalue weighted by molar-refractivity contribution is -0.120. The van der Waals surface area contributed by atoms with E-state index in [4.69, 9.17) is 4.74 Å². The number of aryl methyl sites for hydroxylation is 1. The molecule has 0 bridgehead atoms. The monoisotopic (exact) mass is 311 g/mol. The van der Waals surface area contributed by atoms with E-state index in [0.717, 1.165) is 37.1 Å². The molecule has 2 aromatic rings. The Kier molecular flexibility index (Phi) is 4.86. The number of nitrogens with zero attached hydrogens (tertiary/aromatic N) is 2. The van der Waals surface area contributed by atoms with Crippen molar-refractivity contribution < 1.29 is 9.53 Å². The first-order chi connectivity index (χ1) is 11.2. The van der Waals surface area contributed by atoms with Gasteiger partial charge in [0, 0.05) is 23.5 Å². The van der Waals surface area contributed by atoms with E-state index in [1.807, 2.05) is 37.3 Å². The van der Waals surface area contributed by atoms with Crippen LogP contribution in [0.5, 0.6) is 11.8 Å². The normalized spacial score (nSPS) is 15.2. The first kappa shape index (κ1) is 15.5. The molecule has 1 aromatic heterocycles. The van der Waals surface area contributed by atoms with Crippen LogP contribution in [0.1, 0.15) is 37.8 Å². The second-order valence-electron chi connectivity index (χ2n) is 5.93. The number of nitrogens with one attached hydrogen (secondary N) is 1. The molecule has 1 aliphatic carbocycles. The smallest absolute Gasteiger partial charge is 0.322 e. The van der Waals surface area contributed by atoms with Gasteiger partial charge in [-0.2, -0.15) is 0 Å². The van der Waals surface area contributed by atoms with Crippen LogP contribution in [0.2, 0.25) is 0 Å². The number of anilines is 1. The molecule has 1 amide bonds. The van der Waals surface area contributed by atoms with Crippen molar-refractivity contribution >= 4 is 11.6 Å². The van der Waals surface area contributed by atoms with E-state index in [2.05, 4.69) is 15.3 Å². The van der Waals surface area contributed by atoms with Gasteiger partial charge in [-0.25, -0.2) is 9.97 Å². The molecular weight excluding hydrogens is 290 g/mol. The molecule has 0 aliphatic heterocycles. The van der Waals surface area contributed by atoms with Crippen LogP contribution < -0.4 is 10.1 Å². The van der Waals surface area contributed by atoms with E-state index in [1.165, 1.54) is 6.42 Å². The van der Waals surface area contributed by atoms with Crippen molar-refractivity contribution in [3.05, 3.63) is 42.2 Å². The summed E-state index contributed by atoms with van der Waals surface area (Å²) in [5.41, 5.74) is 1.64. The predicted molar refractivity (Wildman–Crippen MR) is 88.5 cm³/mol. The number of aromatic nitrogens is 2. The number of hydrogen-bond acceptors (Lipinski definition) is 4. The van der Waals surface area contributed by atoms with Crippen molar-refractivity contribution in [3.8, 4) is 11.8 Å². The van der Waals surface area contributed by atoms with Crippen LogP contribution >= 0.6 is 0 Å². The van der Waals surface area contributed by atoms with E-state index in [1.54, 1.807) is 6.20 Å². The zero-order valence-corrected chi connectivity index (χ0v) is 13.3. The van der Waals surface area contributed by atoms with E-state index in [0.29, 0.717) is 11.8 Å². The highest BCUT2D eigenvalue weighted by Crippen LogP contribution is 2.26. The largest absolute Gasteiger partial charge is 0.424 e. The standard InChI is InChI=1S/C18H21N3O2/c1-13-11-12-19-18(20-13)23-16-9-7-15(8-10-16)21-17(22)14-5-3-2-4-6-14/h7-12,14H,2-6H2,1H3,(H,21,22). The molecule has 0 spiro atoms. The third-order valence-electron chi connectivity index (χ3n) is 4.08. The molecule has 3 rings (SSSR count). The molecule has 1 aromatic carbocycles. The van der Waals surface area contributed by atoms with E-state index < -0.39 is 0 Å². The zero-order chi connectivity index (χ0) is 16.1. The first-order valence-electron chi connectivity index (χ1n) is 8.09. The minimum atomic E-state index is 0.125. The summed E-state index contributed by atoms with van der Waals surface area (Å²) >= 11 is 0. The topological polar surface area (TPSA) is 64.1 Å².